The highest BCUT2D eigenvalue weighted by atomic mass is 16.5. The van der Waals surface area contributed by atoms with Gasteiger partial charge in [0.1, 0.15) is 0 Å². The molecule has 2 heterocycles. The lowest BCUT2D eigenvalue weighted by molar-refractivity contribution is 0.0586. The lowest BCUT2D eigenvalue weighted by Crippen LogP contribution is -2.47. The Morgan fingerprint density at radius 3 is 2.16 bits per heavy atom. The number of methoxy groups -OCH3 is 2. The fourth-order valence-electron chi connectivity index (χ4n) is 5.56. The number of fused-ring (bicyclic) bond motifs is 2. The van der Waals surface area contributed by atoms with Crippen LogP contribution < -0.4 is 9.47 Å². The standard InChI is InChI=1S/C26H28N2O4/c1-31-21-14-17-10-13-27-23(20(17)15-22(21)32-2)26(11-6-3-7-12-26)16-28-24(29)18-8-4-5-9-19(18)25(28)30/h4-5,8-9,14-15H,3,6-7,10-13,16H2,1-2H3. The van der Waals surface area contributed by atoms with E-state index in [1.54, 1.807) is 26.4 Å². The van der Waals surface area contributed by atoms with Gasteiger partial charge >= 0.3 is 0 Å². The number of benzene rings is 2. The first-order chi connectivity index (χ1) is 15.6. The molecule has 2 amide bonds. The van der Waals surface area contributed by atoms with E-state index in [4.69, 9.17) is 14.5 Å². The Hall–Kier alpha value is -3.15. The van der Waals surface area contributed by atoms with Crippen LogP contribution in [-0.4, -0.2) is 49.7 Å². The normalized spacial score (nSPS) is 19.3. The van der Waals surface area contributed by atoms with Crippen LogP contribution in [0.15, 0.2) is 41.4 Å². The summed E-state index contributed by atoms with van der Waals surface area (Å²) >= 11 is 0. The maximum atomic E-state index is 13.2. The summed E-state index contributed by atoms with van der Waals surface area (Å²) in [7, 11) is 3.28. The molecule has 0 radical (unpaired) electrons. The Labute approximate surface area is 188 Å². The number of carbonyl (C=O) groups is 2. The third kappa shape index (κ3) is 3.20. The van der Waals surface area contributed by atoms with E-state index in [9.17, 15) is 9.59 Å². The summed E-state index contributed by atoms with van der Waals surface area (Å²) in [5.74, 6) is 0.997. The predicted molar refractivity (Wildman–Crippen MR) is 122 cm³/mol. The molecule has 1 aliphatic carbocycles. The average Bonchev–Trinajstić information content (AvgIpc) is 3.08. The van der Waals surface area contributed by atoms with Gasteiger partial charge < -0.3 is 9.47 Å². The molecule has 0 aromatic heterocycles. The summed E-state index contributed by atoms with van der Waals surface area (Å²) in [6.45, 7) is 1.06. The lowest BCUT2D eigenvalue weighted by atomic mass is 9.67. The summed E-state index contributed by atoms with van der Waals surface area (Å²) in [4.78, 5) is 32.8. The molecule has 6 nitrogen and oxygen atoms in total. The van der Waals surface area contributed by atoms with E-state index in [1.807, 2.05) is 24.3 Å². The SMILES string of the molecule is COc1cc2c(cc1OC)C(C1(CN3C(=O)c4ccccc4C3=O)CCCCC1)=NCC2. The molecule has 1 saturated carbocycles. The first kappa shape index (κ1) is 20.7. The Morgan fingerprint density at radius 2 is 1.53 bits per heavy atom. The molecule has 2 aliphatic heterocycles. The smallest absolute Gasteiger partial charge is 0.261 e. The molecule has 5 rings (SSSR count). The second kappa shape index (κ2) is 8.08. The fraction of sp³-hybridized carbons (Fsp3) is 0.423. The number of hydrogen-bond acceptors (Lipinski definition) is 5. The highest BCUT2D eigenvalue weighted by Gasteiger charge is 2.46. The van der Waals surface area contributed by atoms with Gasteiger partial charge in [0, 0.05) is 24.1 Å². The quantitative estimate of drug-likeness (QED) is 0.661. The van der Waals surface area contributed by atoms with Crippen molar-refractivity contribution in [3.8, 4) is 11.5 Å². The van der Waals surface area contributed by atoms with Gasteiger partial charge in [-0.3, -0.25) is 19.5 Å². The maximum Gasteiger partial charge on any atom is 0.261 e. The minimum atomic E-state index is -0.347. The van der Waals surface area contributed by atoms with E-state index in [0.29, 0.717) is 35.7 Å². The van der Waals surface area contributed by atoms with Crippen LogP contribution in [0, 0.1) is 5.41 Å². The molecule has 0 atom stereocenters. The minimum Gasteiger partial charge on any atom is -0.493 e. The van der Waals surface area contributed by atoms with Crippen LogP contribution in [0.3, 0.4) is 0 Å². The molecule has 0 spiro atoms. The van der Waals surface area contributed by atoms with Crippen LogP contribution in [0.1, 0.15) is 63.9 Å². The van der Waals surface area contributed by atoms with E-state index < -0.39 is 0 Å². The van der Waals surface area contributed by atoms with E-state index in [-0.39, 0.29) is 17.2 Å². The molecule has 0 saturated heterocycles. The molecule has 1 fully saturated rings. The predicted octanol–water partition coefficient (Wildman–Crippen LogP) is 4.30. The highest BCUT2D eigenvalue weighted by molar-refractivity contribution is 6.21. The van der Waals surface area contributed by atoms with Crippen molar-refractivity contribution in [3.05, 3.63) is 58.7 Å². The number of amides is 2. The van der Waals surface area contributed by atoms with Crippen molar-refractivity contribution in [1.29, 1.82) is 0 Å². The van der Waals surface area contributed by atoms with Gasteiger partial charge in [0.05, 0.1) is 31.1 Å². The van der Waals surface area contributed by atoms with Gasteiger partial charge in [0.2, 0.25) is 0 Å². The maximum absolute atomic E-state index is 13.2. The molecular formula is C26H28N2O4. The van der Waals surface area contributed by atoms with Gasteiger partial charge in [-0.1, -0.05) is 31.4 Å². The zero-order valence-corrected chi connectivity index (χ0v) is 18.6. The molecule has 2 aromatic rings. The van der Waals surface area contributed by atoms with Crippen molar-refractivity contribution >= 4 is 17.5 Å². The minimum absolute atomic E-state index is 0.195. The lowest BCUT2D eigenvalue weighted by Gasteiger charge is -2.42. The molecule has 0 unspecified atom stereocenters. The first-order valence-corrected chi connectivity index (χ1v) is 11.3. The zero-order chi connectivity index (χ0) is 22.3. The van der Waals surface area contributed by atoms with E-state index in [2.05, 4.69) is 0 Å². The van der Waals surface area contributed by atoms with E-state index >= 15 is 0 Å². The van der Waals surface area contributed by atoms with Crippen LogP contribution in [0.5, 0.6) is 11.5 Å². The topological polar surface area (TPSA) is 68.2 Å². The van der Waals surface area contributed by atoms with Crippen LogP contribution in [0.4, 0.5) is 0 Å². The summed E-state index contributed by atoms with van der Waals surface area (Å²) in [6.07, 6.45) is 5.94. The number of carbonyl (C=O) groups excluding carboxylic acids is 2. The van der Waals surface area contributed by atoms with E-state index in [1.165, 1.54) is 10.5 Å². The van der Waals surface area contributed by atoms with Crippen molar-refractivity contribution in [3.63, 3.8) is 0 Å². The van der Waals surface area contributed by atoms with Crippen molar-refractivity contribution in [1.82, 2.24) is 4.90 Å². The van der Waals surface area contributed by atoms with Crippen LogP contribution in [0.2, 0.25) is 0 Å². The second-order valence-corrected chi connectivity index (χ2v) is 8.93. The van der Waals surface area contributed by atoms with Crippen molar-refractivity contribution < 1.29 is 19.1 Å². The van der Waals surface area contributed by atoms with E-state index in [0.717, 1.165) is 49.8 Å². The van der Waals surface area contributed by atoms with Crippen molar-refractivity contribution in [2.45, 2.75) is 38.5 Å². The number of hydrogen-bond donors (Lipinski definition) is 0. The Kier molecular flexibility index (Phi) is 5.24. The van der Waals surface area contributed by atoms with Crippen molar-refractivity contribution in [2.75, 3.05) is 27.3 Å². The molecule has 0 bridgehead atoms. The molecular weight excluding hydrogens is 404 g/mol. The number of aliphatic imine (C=N–C) groups is 1. The third-order valence-corrected chi connectivity index (χ3v) is 7.17. The Balaban J connectivity index is 1.56. The molecule has 6 heteroatoms. The van der Waals surface area contributed by atoms with Gasteiger partial charge in [0.15, 0.2) is 11.5 Å². The summed E-state index contributed by atoms with van der Waals surface area (Å²) < 4.78 is 11.1. The monoisotopic (exact) mass is 432 g/mol. The Morgan fingerprint density at radius 1 is 0.906 bits per heavy atom. The average molecular weight is 433 g/mol. The largest absolute Gasteiger partial charge is 0.493 e. The fourth-order valence-corrected chi connectivity index (χ4v) is 5.56. The summed E-state index contributed by atoms with van der Waals surface area (Å²) in [6, 6.07) is 11.2. The third-order valence-electron chi connectivity index (χ3n) is 7.17. The number of nitrogens with zero attached hydrogens (tertiary/aromatic N) is 2. The van der Waals surface area contributed by atoms with Gasteiger partial charge in [-0.2, -0.15) is 0 Å². The molecule has 3 aliphatic rings. The number of imide groups is 1. The zero-order valence-electron chi connectivity index (χ0n) is 18.6. The van der Waals surface area contributed by atoms with Crippen LogP contribution in [0.25, 0.3) is 0 Å². The number of rotatable bonds is 5. The van der Waals surface area contributed by atoms with Gasteiger partial charge in [-0.25, -0.2) is 0 Å². The van der Waals surface area contributed by atoms with Gasteiger partial charge in [-0.15, -0.1) is 0 Å². The van der Waals surface area contributed by atoms with Gasteiger partial charge in [0.25, 0.3) is 11.8 Å². The molecule has 166 valence electrons. The molecule has 2 aromatic carbocycles. The second-order valence-electron chi connectivity index (χ2n) is 8.93. The summed E-state index contributed by atoms with van der Waals surface area (Å²) in [5.41, 5.74) is 3.91. The van der Waals surface area contributed by atoms with Gasteiger partial charge in [-0.05, 0) is 49.1 Å². The first-order valence-electron chi connectivity index (χ1n) is 11.3. The number of ether oxygens (including phenoxy) is 2. The summed E-state index contributed by atoms with van der Waals surface area (Å²) in [5, 5.41) is 0. The Bertz CT molecular complexity index is 1080. The molecule has 32 heavy (non-hydrogen) atoms. The van der Waals surface area contributed by atoms with Crippen molar-refractivity contribution in [2.24, 2.45) is 10.4 Å². The van der Waals surface area contributed by atoms with Crippen LogP contribution in [-0.2, 0) is 6.42 Å². The molecule has 0 N–H and O–H groups in total. The highest BCUT2D eigenvalue weighted by Crippen LogP contribution is 2.45. The van der Waals surface area contributed by atoms with Crippen LogP contribution >= 0.6 is 0 Å².